The molecule has 0 saturated heterocycles. The summed E-state index contributed by atoms with van der Waals surface area (Å²) < 4.78 is 16.6. The standard InChI is InChI=1S/C14H10N2O3S2/c1-17-7-3-9(18-2)8-5-11(19-10(8)4-7)12-16-14-13(21-12)15-6-20-14/h3-6H,1-2H3. The summed E-state index contributed by atoms with van der Waals surface area (Å²) in [7, 11) is 3.25. The van der Waals surface area contributed by atoms with Crippen molar-refractivity contribution in [3.8, 4) is 22.3 Å². The lowest BCUT2D eigenvalue weighted by Crippen LogP contribution is -1.86. The van der Waals surface area contributed by atoms with Crippen LogP contribution in [0.3, 0.4) is 0 Å². The van der Waals surface area contributed by atoms with Gasteiger partial charge in [-0.3, -0.25) is 0 Å². The molecule has 5 nitrogen and oxygen atoms in total. The molecule has 0 N–H and O–H groups in total. The molecule has 0 atom stereocenters. The average molecular weight is 318 g/mol. The lowest BCUT2D eigenvalue weighted by molar-refractivity contribution is 0.397. The molecule has 3 heterocycles. The normalized spacial score (nSPS) is 11.3. The first kappa shape index (κ1) is 12.6. The van der Waals surface area contributed by atoms with Crippen molar-refractivity contribution >= 4 is 43.3 Å². The van der Waals surface area contributed by atoms with Crippen LogP contribution in [0.2, 0.25) is 0 Å². The van der Waals surface area contributed by atoms with Crippen LogP contribution in [0, 0.1) is 0 Å². The molecule has 0 radical (unpaired) electrons. The minimum Gasteiger partial charge on any atom is -0.496 e. The maximum Gasteiger partial charge on any atom is 0.164 e. The third-order valence-corrected chi connectivity index (χ3v) is 4.98. The van der Waals surface area contributed by atoms with Gasteiger partial charge in [0.1, 0.15) is 17.1 Å². The van der Waals surface area contributed by atoms with E-state index in [2.05, 4.69) is 9.97 Å². The first-order valence-electron chi connectivity index (χ1n) is 6.14. The van der Waals surface area contributed by atoms with Gasteiger partial charge in [-0.05, 0) is 6.07 Å². The second kappa shape index (κ2) is 4.71. The van der Waals surface area contributed by atoms with E-state index in [0.29, 0.717) is 17.1 Å². The molecule has 0 bridgehead atoms. The summed E-state index contributed by atoms with van der Waals surface area (Å²) in [4.78, 5) is 10.7. The third kappa shape index (κ3) is 1.97. The second-order valence-corrected chi connectivity index (χ2v) is 6.14. The Hall–Kier alpha value is -2.12. The van der Waals surface area contributed by atoms with Crippen molar-refractivity contribution in [2.24, 2.45) is 0 Å². The van der Waals surface area contributed by atoms with E-state index in [-0.39, 0.29) is 0 Å². The molecule has 4 rings (SSSR count). The van der Waals surface area contributed by atoms with Crippen LogP contribution in [0.15, 0.2) is 28.1 Å². The number of furan rings is 1. The Morgan fingerprint density at radius 2 is 2.00 bits per heavy atom. The SMILES string of the molecule is COc1cc(OC)c2cc(-c3nc4scnc4s3)oc2c1. The van der Waals surface area contributed by atoms with Gasteiger partial charge in [-0.25, -0.2) is 9.97 Å². The number of fused-ring (bicyclic) bond motifs is 2. The zero-order valence-corrected chi connectivity index (χ0v) is 12.9. The minimum absolute atomic E-state index is 0.696. The fourth-order valence-electron chi connectivity index (χ4n) is 2.16. The summed E-state index contributed by atoms with van der Waals surface area (Å²) in [5.74, 6) is 2.13. The molecule has 106 valence electrons. The van der Waals surface area contributed by atoms with E-state index >= 15 is 0 Å². The largest absolute Gasteiger partial charge is 0.496 e. The molecule has 21 heavy (non-hydrogen) atoms. The Morgan fingerprint density at radius 1 is 1.10 bits per heavy atom. The molecular formula is C14H10N2O3S2. The fourth-order valence-corrected chi connectivity index (χ4v) is 3.87. The van der Waals surface area contributed by atoms with Gasteiger partial charge in [0.15, 0.2) is 20.4 Å². The number of benzene rings is 1. The van der Waals surface area contributed by atoms with Gasteiger partial charge in [-0.2, -0.15) is 0 Å². The number of hydrogen-bond donors (Lipinski definition) is 0. The zero-order chi connectivity index (χ0) is 14.4. The molecule has 0 saturated carbocycles. The Bertz CT molecular complexity index is 910. The summed E-state index contributed by atoms with van der Waals surface area (Å²) in [6.07, 6.45) is 0. The number of aromatic nitrogens is 2. The topological polar surface area (TPSA) is 57.4 Å². The predicted octanol–water partition coefficient (Wildman–Crippen LogP) is 4.18. The van der Waals surface area contributed by atoms with E-state index in [1.165, 1.54) is 22.7 Å². The van der Waals surface area contributed by atoms with Crippen molar-refractivity contribution in [2.75, 3.05) is 14.2 Å². The van der Waals surface area contributed by atoms with E-state index in [0.717, 1.165) is 25.8 Å². The molecule has 0 aliphatic rings. The molecule has 0 fully saturated rings. The van der Waals surface area contributed by atoms with Crippen LogP contribution in [0.4, 0.5) is 0 Å². The van der Waals surface area contributed by atoms with Crippen LogP contribution in [0.1, 0.15) is 0 Å². The Morgan fingerprint density at radius 3 is 2.76 bits per heavy atom. The predicted molar refractivity (Wildman–Crippen MR) is 83.6 cm³/mol. The highest BCUT2D eigenvalue weighted by Crippen LogP contribution is 2.39. The fraction of sp³-hybridized carbons (Fsp3) is 0.143. The second-order valence-electron chi connectivity index (χ2n) is 4.33. The summed E-state index contributed by atoms with van der Waals surface area (Å²) in [5.41, 5.74) is 2.51. The summed E-state index contributed by atoms with van der Waals surface area (Å²) in [6.45, 7) is 0. The van der Waals surface area contributed by atoms with Gasteiger partial charge in [0.25, 0.3) is 0 Å². The summed E-state index contributed by atoms with van der Waals surface area (Å²) in [6, 6.07) is 5.62. The quantitative estimate of drug-likeness (QED) is 0.567. The molecular weight excluding hydrogens is 308 g/mol. The Balaban J connectivity index is 1.91. The van der Waals surface area contributed by atoms with Crippen LogP contribution in [0.5, 0.6) is 11.5 Å². The molecule has 0 aliphatic heterocycles. The van der Waals surface area contributed by atoms with E-state index in [9.17, 15) is 0 Å². The van der Waals surface area contributed by atoms with Gasteiger partial charge in [0.05, 0.1) is 25.1 Å². The van der Waals surface area contributed by atoms with Crippen LogP contribution in [-0.2, 0) is 0 Å². The highest BCUT2D eigenvalue weighted by atomic mass is 32.1. The lowest BCUT2D eigenvalue weighted by atomic mass is 10.2. The molecule has 7 heteroatoms. The maximum atomic E-state index is 5.90. The highest BCUT2D eigenvalue weighted by Gasteiger charge is 2.16. The molecule has 1 aromatic carbocycles. The lowest BCUT2D eigenvalue weighted by Gasteiger charge is -2.04. The monoisotopic (exact) mass is 318 g/mol. The van der Waals surface area contributed by atoms with E-state index in [1.54, 1.807) is 19.7 Å². The molecule has 0 aliphatic carbocycles. The smallest absolute Gasteiger partial charge is 0.164 e. The highest BCUT2D eigenvalue weighted by molar-refractivity contribution is 7.27. The zero-order valence-electron chi connectivity index (χ0n) is 11.2. The number of rotatable bonds is 3. The van der Waals surface area contributed by atoms with Gasteiger partial charge in [-0.15, -0.1) is 11.3 Å². The number of nitrogens with zero attached hydrogens (tertiary/aromatic N) is 2. The number of methoxy groups -OCH3 is 2. The summed E-state index contributed by atoms with van der Waals surface area (Å²) in [5, 5.41) is 1.72. The van der Waals surface area contributed by atoms with Crippen LogP contribution in [0.25, 0.3) is 31.4 Å². The third-order valence-electron chi connectivity index (χ3n) is 3.15. The number of thiazole rings is 2. The van der Waals surface area contributed by atoms with Gasteiger partial charge in [0.2, 0.25) is 0 Å². The first-order valence-corrected chi connectivity index (χ1v) is 7.84. The van der Waals surface area contributed by atoms with Crippen LogP contribution < -0.4 is 9.47 Å². The van der Waals surface area contributed by atoms with E-state index in [1.807, 2.05) is 18.2 Å². The van der Waals surface area contributed by atoms with Gasteiger partial charge in [0, 0.05) is 12.1 Å². The van der Waals surface area contributed by atoms with Crippen molar-refractivity contribution in [1.82, 2.24) is 9.97 Å². The minimum atomic E-state index is 0.696. The molecule has 3 aromatic heterocycles. The van der Waals surface area contributed by atoms with Gasteiger partial charge in [-0.1, -0.05) is 11.3 Å². The van der Waals surface area contributed by atoms with E-state index in [4.69, 9.17) is 13.9 Å². The molecule has 0 spiro atoms. The van der Waals surface area contributed by atoms with Gasteiger partial charge < -0.3 is 13.9 Å². The number of ether oxygens (including phenoxy) is 2. The van der Waals surface area contributed by atoms with Crippen LogP contribution >= 0.6 is 22.7 Å². The van der Waals surface area contributed by atoms with Gasteiger partial charge >= 0.3 is 0 Å². The molecule has 4 aromatic rings. The summed E-state index contributed by atoms with van der Waals surface area (Å²) >= 11 is 3.04. The first-order chi connectivity index (χ1) is 10.3. The number of hydrogen-bond acceptors (Lipinski definition) is 7. The van der Waals surface area contributed by atoms with Crippen molar-refractivity contribution in [3.63, 3.8) is 0 Å². The molecule has 0 unspecified atom stereocenters. The van der Waals surface area contributed by atoms with Crippen molar-refractivity contribution < 1.29 is 13.9 Å². The average Bonchev–Trinajstić information content (AvgIpc) is 3.18. The van der Waals surface area contributed by atoms with Crippen molar-refractivity contribution in [1.29, 1.82) is 0 Å². The maximum absolute atomic E-state index is 5.90. The van der Waals surface area contributed by atoms with Crippen molar-refractivity contribution in [3.05, 3.63) is 23.7 Å². The Kier molecular flexibility index (Phi) is 2.83. The molecule has 0 amide bonds. The van der Waals surface area contributed by atoms with E-state index < -0.39 is 0 Å². The van der Waals surface area contributed by atoms with Crippen molar-refractivity contribution in [2.45, 2.75) is 0 Å². The van der Waals surface area contributed by atoms with Crippen LogP contribution in [-0.4, -0.2) is 24.2 Å². The Labute approximate surface area is 127 Å².